The largest absolute Gasteiger partial charge is 0.482 e. The highest BCUT2D eigenvalue weighted by atomic mass is 16.6. The van der Waals surface area contributed by atoms with Crippen molar-refractivity contribution in [3.8, 4) is 11.5 Å². The number of aliphatic hydroxyl groups excluding tert-OH is 1. The van der Waals surface area contributed by atoms with E-state index >= 15 is 0 Å². The van der Waals surface area contributed by atoms with Crippen molar-refractivity contribution in [2.75, 3.05) is 13.1 Å². The van der Waals surface area contributed by atoms with Gasteiger partial charge in [0.25, 0.3) is 0 Å². The molecule has 2 bridgehead atoms. The van der Waals surface area contributed by atoms with Crippen LogP contribution in [0.4, 0.5) is 0 Å². The van der Waals surface area contributed by atoms with Gasteiger partial charge in [-0.3, -0.25) is 9.69 Å². The summed E-state index contributed by atoms with van der Waals surface area (Å²) in [6.45, 7) is 3.35. The third kappa shape index (κ3) is 3.30. The fraction of sp³-hybridized carbons (Fsp3) is 0.625. The van der Waals surface area contributed by atoms with Crippen molar-refractivity contribution in [2.45, 2.75) is 74.7 Å². The van der Waals surface area contributed by atoms with E-state index in [9.17, 15) is 15.0 Å². The molecule has 6 rings (SSSR count). The van der Waals surface area contributed by atoms with Gasteiger partial charge in [-0.15, -0.1) is 0 Å². The predicted molar refractivity (Wildman–Crippen MR) is 116 cm³/mol. The van der Waals surface area contributed by atoms with Crippen molar-refractivity contribution in [1.29, 1.82) is 0 Å². The quantitative estimate of drug-likeness (QED) is 0.279. The number of rotatable bonds is 3. The SMILES string of the molecule is CC(=O)Oc1ccc2c3c1O[C@H]1[C@@H](O)CCC4(O)C(C2)N(CC2CC2)CCC314.O=C(O)C(=O)O. The number of piperidine rings is 1. The number of carbonyl (C=O) groups excluding carboxylic acids is 1. The molecule has 0 amide bonds. The predicted octanol–water partition coefficient (Wildman–Crippen LogP) is 0.693. The highest BCUT2D eigenvalue weighted by Crippen LogP contribution is 2.65. The van der Waals surface area contributed by atoms with Crippen LogP contribution in [-0.2, 0) is 26.2 Å². The van der Waals surface area contributed by atoms with Crippen molar-refractivity contribution in [1.82, 2.24) is 4.90 Å². The average molecular weight is 475 g/mol. The fourth-order valence-corrected chi connectivity index (χ4v) is 6.68. The lowest BCUT2D eigenvalue weighted by atomic mass is 9.48. The van der Waals surface area contributed by atoms with E-state index in [1.807, 2.05) is 6.07 Å². The van der Waals surface area contributed by atoms with Crippen LogP contribution >= 0.6 is 0 Å². The average Bonchev–Trinajstić information content (AvgIpc) is 3.51. The Morgan fingerprint density at radius 1 is 1.15 bits per heavy atom. The van der Waals surface area contributed by atoms with Gasteiger partial charge in [0.05, 0.1) is 17.1 Å². The Bertz CT molecular complexity index is 1040. The molecule has 1 saturated heterocycles. The number of aliphatic carboxylic acids is 2. The van der Waals surface area contributed by atoms with Crippen LogP contribution in [0.15, 0.2) is 12.1 Å². The molecule has 10 heteroatoms. The van der Waals surface area contributed by atoms with Crippen LogP contribution in [0.3, 0.4) is 0 Å². The molecule has 34 heavy (non-hydrogen) atoms. The van der Waals surface area contributed by atoms with Gasteiger partial charge in [0.1, 0.15) is 6.10 Å². The Morgan fingerprint density at radius 3 is 2.47 bits per heavy atom. The lowest BCUT2D eigenvalue weighted by molar-refractivity contribution is -0.208. The van der Waals surface area contributed by atoms with E-state index in [-0.39, 0.29) is 6.04 Å². The van der Waals surface area contributed by atoms with Crippen LogP contribution in [0.25, 0.3) is 0 Å². The minimum Gasteiger partial charge on any atom is -0.482 e. The molecule has 0 aromatic heterocycles. The number of esters is 1. The number of likely N-dealkylation sites (tertiary alicyclic amines) is 1. The third-order valence-corrected chi connectivity index (χ3v) is 8.15. The zero-order chi connectivity index (χ0) is 24.4. The summed E-state index contributed by atoms with van der Waals surface area (Å²) in [5, 5.41) is 37.8. The Kier molecular flexibility index (Phi) is 5.38. The summed E-state index contributed by atoms with van der Waals surface area (Å²) in [7, 11) is 0. The van der Waals surface area contributed by atoms with E-state index in [1.54, 1.807) is 6.07 Å². The molecular weight excluding hydrogens is 446 g/mol. The number of carbonyl (C=O) groups is 3. The summed E-state index contributed by atoms with van der Waals surface area (Å²) in [5.41, 5.74) is 0.614. The first-order valence-corrected chi connectivity index (χ1v) is 11.7. The monoisotopic (exact) mass is 475 g/mol. The Labute approximate surface area is 196 Å². The molecule has 1 spiro atoms. The van der Waals surface area contributed by atoms with Crippen LogP contribution in [0.5, 0.6) is 11.5 Å². The van der Waals surface area contributed by atoms with Crippen molar-refractivity contribution < 1.29 is 44.3 Å². The highest BCUT2D eigenvalue weighted by molar-refractivity contribution is 6.27. The van der Waals surface area contributed by atoms with Gasteiger partial charge in [-0.25, -0.2) is 9.59 Å². The molecule has 1 aromatic carbocycles. The normalized spacial score (nSPS) is 34.7. The summed E-state index contributed by atoms with van der Waals surface area (Å²) in [5.74, 6) is -2.30. The molecule has 3 unspecified atom stereocenters. The van der Waals surface area contributed by atoms with E-state index in [0.29, 0.717) is 24.3 Å². The molecule has 1 aromatic rings. The Morgan fingerprint density at radius 2 is 1.85 bits per heavy atom. The van der Waals surface area contributed by atoms with E-state index < -0.39 is 41.1 Å². The zero-order valence-corrected chi connectivity index (χ0v) is 18.9. The molecule has 2 heterocycles. The van der Waals surface area contributed by atoms with E-state index in [0.717, 1.165) is 43.0 Å². The smallest absolute Gasteiger partial charge is 0.414 e. The van der Waals surface area contributed by atoms with Crippen molar-refractivity contribution in [3.05, 3.63) is 23.3 Å². The molecule has 10 nitrogen and oxygen atoms in total. The van der Waals surface area contributed by atoms with E-state index in [1.165, 1.54) is 19.8 Å². The van der Waals surface area contributed by atoms with Crippen LogP contribution < -0.4 is 9.47 Å². The number of nitrogens with zero attached hydrogens (tertiary/aromatic N) is 1. The standard InChI is InChI=1S/C22H27NO5.C2H2O4/c1-12(24)27-16-5-4-14-10-17-22(26)7-6-15(25)20-21(22,18(14)19(16)28-20)8-9-23(17)11-13-2-3-13;3-1(4)2(5)6/h4-5,13,15,17,20,25-26H,2-3,6-11H2,1H3;(H,3,4)(H,5,6)/t15-,17?,20-,21?,22?;/m0./s1. The maximum Gasteiger partial charge on any atom is 0.414 e. The number of hydrogen-bond acceptors (Lipinski definition) is 8. The Balaban J connectivity index is 0.000000360. The molecule has 4 N–H and O–H groups in total. The molecule has 5 atom stereocenters. The summed E-state index contributed by atoms with van der Waals surface area (Å²) < 4.78 is 11.7. The van der Waals surface area contributed by atoms with E-state index in [2.05, 4.69) is 4.90 Å². The summed E-state index contributed by atoms with van der Waals surface area (Å²) >= 11 is 0. The first-order valence-electron chi connectivity index (χ1n) is 11.7. The molecule has 2 saturated carbocycles. The number of hydrogen-bond donors (Lipinski definition) is 4. The lowest BCUT2D eigenvalue weighted by Crippen LogP contribution is -2.77. The van der Waals surface area contributed by atoms with Crippen molar-refractivity contribution in [2.24, 2.45) is 5.92 Å². The summed E-state index contributed by atoms with van der Waals surface area (Å²) in [4.78, 5) is 32.3. The van der Waals surface area contributed by atoms with Gasteiger partial charge in [-0.2, -0.15) is 0 Å². The topological polar surface area (TPSA) is 154 Å². The molecule has 0 radical (unpaired) electrons. The fourth-order valence-electron chi connectivity index (χ4n) is 6.68. The van der Waals surface area contributed by atoms with Gasteiger partial charge in [-0.1, -0.05) is 6.07 Å². The third-order valence-electron chi connectivity index (χ3n) is 8.15. The van der Waals surface area contributed by atoms with Gasteiger partial charge in [0, 0.05) is 25.1 Å². The van der Waals surface area contributed by atoms with Gasteiger partial charge in [0.15, 0.2) is 11.5 Å². The first kappa shape index (κ1) is 23.1. The molecular formula is C24H29NO9. The number of aliphatic hydroxyl groups is 2. The summed E-state index contributed by atoms with van der Waals surface area (Å²) in [6.07, 6.45) is 4.13. The van der Waals surface area contributed by atoms with Crippen molar-refractivity contribution in [3.63, 3.8) is 0 Å². The number of ether oxygens (including phenoxy) is 2. The number of benzene rings is 1. The second kappa shape index (κ2) is 7.93. The Hall–Kier alpha value is -2.69. The first-order chi connectivity index (χ1) is 16.1. The van der Waals surface area contributed by atoms with Crippen LogP contribution in [0, 0.1) is 5.92 Å². The molecule has 5 aliphatic rings. The van der Waals surface area contributed by atoms with Crippen LogP contribution in [-0.4, -0.2) is 80.2 Å². The second-order valence-electron chi connectivity index (χ2n) is 10.1. The minimum atomic E-state index is -1.82. The van der Waals surface area contributed by atoms with Gasteiger partial charge < -0.3 is 29.9 Å². The van der Waals surface area contributed by atoms with Gasteiger partial charge >= 0.3 is 17.9 Å². The zero-order valence-electron chi connectivity index (χ0n) is 18.9. The van der Waals surface area contributed by atoms with Crippen LogP contribution in [0.2, 0.25) is 0 Å². The lowest BCUT2D eigenvalue weighted by Gasteiger charge is -2.63. The number of carboxylic acids is 2. The van der Waals surface area contributed by atoms with Gasteiger partial charge in [-0.05, 0) is 62.6 Å². The molecule has 184 valence electrons. The van der Waals surface area contributed by atoms with Crippen LogP contribution in [0.1, 0.15) is 50.2 Å². The molecule has 3 aliphatic carbocycles. The minimum absolute atomic E-state index is 0.0541. The summed E-state index contributed by atoms with van der Waals surface area (Å²) in [6, 6.07) is 3.89. The highest BCUT2D eigenvalue weighted by Gasteiger charge is 2.73. The molecule has 2 aliphatic heterocycles. The second-order valence-corrected chi connectivity index (χ2v) is 10.1. The van der Waals surface area contributed by atoms with E-state index in [4.69, 9.17) is 29.3 Å². The molecule has 3 fully saturated rings. The van der Waals surface area contributed by atoms with Gasteiger partial charge in [0.2, 0.25) is 0 Å². The maximum atomic E-state index is 12.2. The maximum absolute atomic E-state index is 12.2. The van der Waals surface area contributed by atoms with Crippen molar-refractivity contribution >= 4 is 17.9 Å². The number of carboxylic acid groups (broad SMARTS) is 2.